The number of nitrogens with zero attached hydrogens (tertiary/aromatic N) is 2. The lowest BCUT2D eigenvalue weighted by atomic mass is 10.1. The molecule has 3 rings (SSSR count). The zero-order chi connectivity index (χ0) is 22.1. The number of carbonyl (C=O) groups is 1. The Bertz CT molecular complexity index is 869. The van der Waals surface area contributed by atoms with Gasteiger partial charge in [-0.1, -0.05) is 30.3 Å². The molecule has 1 fully saturated rings. The third-order valence-electron chi connectivity index (χ3n) is 4.95. The minimum absolute atomic E-state index is 0.0905. The molecule has 0 N–H and O–H groups in total. The van der Waals surface area contributed by atoms with Crippen LogP contribution in [-0.2, 0) is 4.79 Å². The van der Waals surface area contributed by atoms with Gasteiger partial charge in [-0.05, 0) is 24.3 Å². The normalized spacial score (nSPS) is 14.8. The van der Waals surface area contributed by atoms with Gasteiger partial charge in [0.15, 0.2) is 11.5 Å². The number of alkyl halides is 2. The molecule has 1 saturated heterocycles. The Kier molecular flexibility index (Phi) is 8.23. The molecule has 0 atom stereocenters. The topological polar surface area (TPSA) is 51.2 Å². The molecule has 166 valence electrons. The zero-order valence-electron chi connectivity index (χ0n) is 17.4. The molecule has 0 bridgehead atoms. The fourth-order valence-corrected chi connectivity index (χ4v) is 3.31. The van der Waals surface area contributed by atoms with Gasteiger partial charge >= 0.3 is 6.61 Å². The monoisotopic (exact) mass is 432 g/mol. The Morgan fingerprint density at radius 3 is 2.48 bits per heavy atom. The van der Waals surface area contributed by atoms with Crippen LogP contribution >= 0.6 is 0 Å². The van der Waals surface area contributed by atoms with E-state index in [-0.39, 0.29) is 17.4 Å². The maximum atomic E-state index is 12.7. The molecule has 0 aliphatic carbocycles. The minimum Gasteiger partial charge on any atom is -0.493 e. The fourth-order valence-electron chi connectivity index (χ4n) is 3.31. The van der Waals surface area contributed by atoms with Crippen molar-refractivity contribution in [3.63, 3.8) is 0 Å². The van der Waals surface area contributed by atoms with E-state index in [0.29, 0.717) is 25.3 Å². The Labute approximate surface area is 180 Å². The number of ether oxygens (including phenoxy) is 3. The molecule has 1 aliphatic heterocycles. The third-order valence-corrected chi connectivity index (χ3v) is 4.95. The van der Waals surface area contributed by atoms with Crippen LogP contribution in [0.15, 0.2) is 54.6 Å². The van der Waals surface area contributed by atoms with Gasteiger partial charge in [-0.15, -0.1) is 0 Å². The summed E-state index contributed by atoms with van der Waals surface area (Å²) in [4.78, 5) is 16.5. The molecule has 0 unspecified atom stereocenters. The maximum Gasteiger partial charge on any atom is 0.387 e. The van der Waals surface area contributed by atoms with Gasteiger partial charge in [-0.3, -0.25) is 9.69 Å². The molecular weight excluding hydrogens is 406 g/mol. The first-order chi connectivity index (χ1) is 15.1. The predicted octanol–water partition coefficient (Wildman–Crippen LogP) is 3.53. The lowest BCUT2D eigenvalue weighted by Crippen LogP contribution is -2.49. The molecule has 0 radical (unpaired) electrons. The summed E-state index contributed by atoms with van der Waals surface area (Å²) in [7, 11) is 1.37. The Balaban J connectivity index is 1.49. The van der Waals surface area contributed by atoms with Crippen molar-refractivity contribution in [2.75, 3.05) is 46.4 Å². The average molecular weight is 432 g/mol. The molecule has 1 heterocycles. The van der Waals surface area contributed by atoms with Crippen LogP contribution in [0.4, 0.5) is 8.78 Å². The number of carbonyl (C=O) groups excluding carboxylic acids is 1. The number of para-hydroxylation sites is 2. The summed E-state index contributed by atoms with van der Waals surface area (Å²) in [6.45, 7) is 1.05. The van der Waals surface area contributed by atoms with Crippen LogP contribution in [0.2, 0.25) is 0 Å². The second-order valence-electron chi connectivity index (χ2n) is 6.92. The van der Waals surface area contributed by atoms with Crippen molar-refractivity contribution in [1.29, 1.82) is 0 Å². The van der Waals surface area contributed by atoms with Crippen molar-refractivity contribution in [3.05, 3.63) is 60.2 Å². The van der Waals surface area contributed by atoms with Crippen molar-refractivity contribution < 1.29 is 27.8 Å². The molecule has 6 nitrogen and oxygen atoms in total. The van der Waals surface area contributed by atoms with E-state index >= 15 is 0 Å². The third kappa shape index (κ3) is 6.68. The lowest BCUT2D eigenvalue weighted by Gasteiger charge is -2.34. The predicted molar refractivity (Wildman–Crippen MR) is 114 cm³/mol. The number of benzene rings is 2. The minimum atomic E-state index is -2.99. The molecule has 0 spiro atoms. The van der Waals surface area contributed by atoms with Crippen molar-refractivity contribution >= 4 is 12.0 Å². The lowest BCUT2D eigenvalue weighted by molar-refractivity contribution is -0.127. The van der Waals surface area contributed by atoms with Crippen molar-refractivity contribution in [2.24, 2.45) is 0 Å². The van der Waals surface area contributed by atoms with Crippen LogP contribution in [0.5, 0.6) is 17.2 Å². The van der Waals surface area contributed by atoms with Gasteiger partial charge in [0.05, 0.1) is 7.11 Å². The SMILES string of the molecule is COc1cccc(/C=C/C(=O)N2CCN(CCOc3ccccc3)CC2)c1OC(F)F. The highest BCUT2D eigenvalue weighted by Crippen LogP contribution is 2.33. The summed E-state index contributed by atoms with van der Waals surface area (Å²) in [6.07, 6.45) is 2.85. The van der Waals surface area contributed by atoms with Gasteiger partial charge in [-0.25, -0.2) is 0 Å². The number of piperazine rings is 1. The van der Waals surface area contributed by atoms with E-state index in [4.69, 9.17) is 9.47 Å². The van der Waals surface area contributed by atoms with Crippen molar-refractivity contribution in [1.82, 2.24) is 9.80 Å². The molecule has 1 aliphatic rings. The number of halogens is 2. The molecule has 0 saturated carbocycles. The maximum absolute atomic E-state index is 12.7. The van der Waals surface area contributed by atoms with Gasteiger partial charge in [0.2, 0.25) is 5.91 Å². The van der Waals surface area contributed by atoms with Gasteiger partial charge in [-0.2, -0.15) is 8.78 Å². The largest absolute Gasteiger partial charge is 0.493 e. The van der Waals surface area contributed by atoms with Gasteiger partial charge in [0, 0.05) is 44.4 Å². The van der Waals surface area contributed by atoms with Crippen LogP contribution in [0, 0.1) is 0 Å². The van der Waals surface area contributed by atoms with Crippen molar-refractivity contribution in [3.8, 4) is 17.2 Å². The highest BCUT2D eigenvalue weighted by atomic mass is 19.3. The molecule has 8 heteroatoms. The average Bonchev–Trinajstić information content (AvgIpc) is 2.79. The Hall–Kier alpha value is -3.13. The van der Waals surface area contributed by atoms with Gasteiger partial charge in [0.1, 0.15) is 12.4 Å². The molecule has 2 aromatic carbocycles. The highest BCUT2D eigenvalue weighted by molar-refractivity contribution is 5.92. The van der Waals surface area contributed by atoms with Gasteiger partial charge in [0.25, 0.3) is 0 Å². The quantitative estimate of drug-likeness (QED) is 0.568. The highest BCUT2D eigenvalue weighted by Gasteiger charge is 2.20. The summed E-state index contributed by atoms with van der Waals surface area (Å²) in [6, 6.07) is 14.4. The number of methoxy groups -OCH3 is 1. The number of hydrogen-bond acceptors (Lipinski definition) is 5. The first-order valence-electron chi connectivity index (χ1n) is 10.1. The van der Waals surface area contributed by atoms with E-state index in [2.05, 4.69) is 9.64 Å². The first kappa shape index (κ1) is 22.6. The second-order valence-corrected chi connectivity index (χ2v) is 6.92. The number of amides is 1. The summed E-state index contributed by atoms with van der Waals surface area (Å²) in [5.74, 6) is 0.758. The molecule has 0 aromatic heterocycles. The Morgan fingerprint density at radius 1 is 1.06 bits per heavy atom. The van der Waals surface area contributed by atoms with E-state index in [9.17, 15) is 13.6 Å². The zero-order valence-corrected chi connectivity index (χ0v) is 17.4. The van der Waals surface area contributed by atoms with Crippen molar-refractivity contribution in [2.45, 2.75) is 6.61 Å². The van der Waals surface area contributed by atoms with Gasteiger partial charge < -0.3 is 19.1 Å². The summed E-state index contributed by atoms with van der Waals surface area (Å²) in [5.41, 5.74) is 0.352. The van der Waals surface area contributed by atoms with Crippen LogP contribution in [0.25, 0.3) is 6.08 Å². The molecular formula is C23H26F2N2O4. The van der Waals surface area contributed by atoms with Crippen LogP contribution in [-0.4, -0.2) is 68.8 Å². The Morgan fingerprint density at radius 2 is 1.81 bits per heavy atom. The first-order valence-corrected chi connectivity index (χ1v) is 10.1. The van der Waals surface area contributed by atoms with E-state index < -0.39 is 6.61 Å². The van der Waals surface area contributed by atoms with E-state index in [1.54, 1.807) is 17.0 Å². The van der Waals surface area contributed by atoms with E-state index in [1.807, 2.05) is 30.3 Å². The number of rotatable bonds is 9. The summed E-state index contributed by atoms with van der Waals surface area (Å²) in [5, 5.41) is 0. The van der Waals surface area contributed by atoms with Crippen LogP contribution < -0.4 is 14.2 Å². The molecule has 1 amide bonds. The fraction of sp³-hybridized carbons (Fsp3) is 0.348. The van der Waals surface area contributed by atoms with Crippen LogP contribution in [0.1, 0.15) is 5.56 Å². The van der Waals surface area contributed by atoms with E-state index in [0.717, 1.165) is 25.4 Å². The summed E-state index contributed by atoms with van der Waals surface area (Å²) < 4.78 is 40.8. The smallest absolute Gasteiger partial charge is 0.387 e. The molecule has 31 heavy (non-hydrogen) atoms. The standard InChI is InChI=1S/C23H26F2N2O4/c1-29-20-9-5-6-18(22(20)31-23(24)25)10-11-21(28)27-14-12-26(13-15-27)16-17-30-19-7-3-2-4-8-19/h2-11,23H,12-17H2,1H3/b11-10+. The van der Waals surface area contributed by atoms with Crippen LogP contribution in [0.3, 0.4) is 0 Å². The second kappa shape index (κ2) is 11.3. The molecule has 2 aromatic rings. The number of hydrogen-bond donors (Lipinski definition) is 0. The summed E-state index contributed by atoms with van der Waals surface area (Å²) >= 11 is 0. The van der Waals surface area contributed by atoms with E-state index in [1.165, 1.54) is 25.3 Å².